The lowest BCUT2D eigenvalue weighted by Crippen LogP contribution is -2.42. The van der Waals surface area contributed by atoms with Gasteiger partial charge in [0, 0.05) is 24.7 Å². The number of aliphatic hydroxyl groups excluding tert-OH is 1. The number of nitrogens with zero attached hydrogens (tertiary/aromatic N) is 3. The first-order valence-electron chi connectivity index (χ1n) is 11.0. The molecule has 0 radical (unpaired) electrons. The second kappa shape index (κ2) is 10.6. The quantitative estimate of drug-likeness (QED) is 0.564. The van der Waals surface area contributed by atoms with Crippen LogP contribution in [-0.2, 0) is 0 Å². The molecule has 6 nitrogen and oxygen atoms in total. The molecule has 1 fully saturated rings. The molecule has 0 amide bonds. The molecule has 1 aliphatic heterocycles. The second-order valence-electron chi connectivity index (χ2n) is 8.19. The summed E-state index contributed by atoms with van der Waals surface area (Å²) in [4.78, 5) is 10.6. The fourth-order valence-electron chi connectivity index (χ4n) is 4.46. The first-order chi connectivity index (χ1) is 15.7. The van der Waals surface area contributed by atoms with Crippen molar-refractivity contribution in [1.82, 2.24) is 14.9 Å². The minimum atomic E-state index is -1.09. The fraction of sp³-hybridized carbons (Fsp3) is 0.440. The van der Waals surface area contributed by atoms with E-state index >= 15 is 4.39 Å². The summed E-state index contributed by atoms with van der Waals surface area (Å²) in [6, 6.07) is 7.29. The van der Waals surface area contributed by atoms with Crippen LogP contribution in [0.4, 0.5) is 4.39 Å². The van der Waals surface area contributed by atoms with Crippen molar-refractivity contribution in [2.75, 3.05) is 33.4 Å². The molecule has 0 spiro atoms. The normalized spacial score (nSPS) is 20.0. The van der Waals surface area contributed by atoms with Crippen molar-refractivity contribution in [3.63, 3.8) is 0 Å². The number of pyridine rings is 1. The van der Waals surface area contributed by atoms with Gasteiger partial charge in [0.1, 0.15) is 18.2 Å². The standard InChI is InChI=1S/C25H28FN3O3/c1-31-20-5-7-24-22(15-20)21(8-10-27-24)23(26)6-4-18-9-13-29(16-19(18)17-30)12-2-3-25-28-11-14-32-25/h5,7-8,10-11,14-15,18-19,23,30H,4,6,9,12-13,16-17H2,1H3/t18-,19-,23-/m1/s1. The number of rotatable bonds is 7. The van der Waals surface area contributed by atoms with E-state index in [9.17, 15) is 5.11 Å². The zero-order chi connectivity index (χ0) is 22.3. The van der Waals surface area contributed by atoms with Crippen molar-refractivity contribution >= 4 is 10.9 Å². The zero-order valence-electron chi connectivity index (χ0n) is 18.2. The largest absolute Gasteiger partial charge is 0.497 e. The number of hydrogen-bond acceptors (Lipinski definition) is 6. The number of benzene rings is 1. The third kappa shape index (κ3) is 5.26. The van der Waals surface area contributed by atoms with E-state index in [0.717, 1.165) is 36.8 Å². The van der Waals surface area contributed by atoms with Crippen LogP contribution in [0.1, 0.15) is 36.9 Å². The smallest absolute Gasteiger partial charge is 0.273 e. The number of aromatic nitrogens is 2. The molecular weight excluding hydrogens is 409 g/mol. The summed E-state index contributed by atoms with van der Waals surface area (Å²) in [5.41, 5.74) is 1.41. The SMILES string of the molecule is COc1ccc2nccc([C@H](F)CC[C@@H]3CCN(CC#Cc4ncco4)C[C@@H]3CO)c2c1. The molecule has 32 heavy (non-hydrogen) atoms. The highest BCUT2D eigenvalue weighted by molar-refractivity contribution is 5.83. The Hall–Kier alpha value is -2.95. The van der Waals surface area contributed by atoms with Gasteiger partial charge >= 0.3 is 0 Å². The summed E-state index contributed by atoms with van der Waals surface area (Å²) in [5, 5.41) is 10.7. The lowest BCUT2D eigenvalue weighted by atomic mass is 9.81. The molecule has 3 heterocycles. The van der Waals surface area contributed by atoms with Crippen molar-refractivity contribution in [2.45, 2.75) is 25.4 Å². The predicted molar refractivity (Wildman–Crippen MR) is 120 cm³/mol. The third-order valence-electron chi connectivity index (χ3n) is 6.25. The summed E-state index contributed by atoms with van der Waals surface area (Å²) < 4.78 is 25.7. The Morgan fingerprint density at radius 1 is 1.28 bits per heavy atom. The topological polar surface area (TPSA) is 71.6 Å². The third-order valence-corrected chi connectivity index (χ3v) is 6.25. The summed E-state index contributed by atoms with van der Waals surface area (Å²) in [6.07, 6.45) is 5.71. The van der Waals surface area contributed by atoms with Crippen molar-refractivity contribution in [3.05, 3.63) is 54.4 Å². The number of aliphatic hydroxyl groups is 1. The van der Waals surface area contributed by atoms with Crippen molar-refractivity contribution in [3.8, 4) is 17.6 Å². The lowest BCUT2D eigenvalue weighted by molar-refractivity contribution is 0.0708. The second-order valence-corrected chi connectivity index (χ2v) is 8.19. The molecule has 1 saturated heterocycles. The first kappa shape index (κ1) is 22.3. The van der Waals surface area contributed by atoms with Crippen LogP contribution in [0, 0.1) is 23.7 Å². The Labute approximate surface area is 187 Å². The van der Waals surface area contributed by atoms with Crippen molar-refractivity contribution in [2.24, 2.45) is 11.8 Å². The van der Waals surface area contributed by atoms with Crippen molar-refractivity contribution < 1.29 is 18.7 Å². The Bertz CT molecular complexity index is 1080. The average molecular weight is 438 g/mol. The molecule has 0 saturated carbocycles. The Morgan fingerprint density at radius 3 is 2.97 bits per heavy atom. The summed E-state index contributed by atoms with van der Waals surface area (Å²) in [5.74, 6) is 7.49. The van der Waals surface area contributed by atoms with Gasteiger partial charge in [-0.15, -0.1) is 0 Å². The monoisotopic (exact) mass is 437 g/mol. The van der Waals surface area contributed by atoms with E-state index < -0.39 is 6.17 Å². The van der Waals surface area contributed by atoms with Gasteiger partial charge in [0.15, 0.2) is 0 Å². The summed E-state index contributed by atoms with van der Waals surface area (Å²) in [6.45, 7) is 2.34. The number of fused-ring (bicyclic) bond motifs is 1. The van der Waals surface area contributed by atoms with Gasteiger partial charge in [0.2, 0.25) is 0 Å². The number of oxazole rings is 1. The zero-order valence-corrected chi connectivity index (χ0v) is 18.2. The van der Waals surface area contributed by atoms with Gasteiger partial charge in [-0.05, 0) is 73.4 Å². The molecular formula is C25H28FN3O3. The van der Waals surface area contributed by atoms with Crippen LogP contribution in [0.25, 0.3) is 10.9 Å². The van der Waals surface area contributed by atoms with E-state index in [0.29, 0.717) is 30.2 Å². The first-order valence-corrected chi connectivity index (χ1v) is 11.0. The molecule has 1 aromatic carbocycles. The molecule has 2 aromatic heterocycles. The fourth-order valence-corrected chi connectivity index (χ4v) is 4.46. The van der Waals surface area contributed by atoms with Gasteiger partial charge in [0.25, 0.3) is 5.89 Å². The van der Waals surface area contributed by atoms with Gasteiger partial charge in [-0.25, -0.2) is 9.37 Å². The molecule has 168 valence electrons. The van der Waals surface area contributed by atoms with E-state index in [2.05, 4.69) is 26.7 Å². The highest BCUT2D eigenvalue weighted by Crippen LogP contribution is 2.35. The number of ether oxygens (including phenoxy) is 1. The average Bonchev–Trinajstić information content (AvgIpc) is 3.35. The van der Waals surface area contributed by atoms with Gasteiger partial charge in [-0.1, -0.05) is 5.92 Å². The molecule has 0 aliphatic carbocycles. The molecule has 3 aromatic rings. The summed E-state index contributed by atoms with van der Waals surface area (Å²) >= 11 is 0. The maximum atomic E-state index is 15.3. The minimum Gasteiger partial charge on any atom is -0.497 e. The van der Waals surface area contributed by atoms with Gasteiger partial charge in [-0.2, -0.15) is 0 Å². The van der Waals surface area contributed by atoms with E-state index in [1.807, 2.05) is 18.2 Å². The maximum Gasteiger partial charge on any atom is 0.273 e. The van der Waals surface area contributed by atoms with E-state index in [-0.39, 0.29) is 18.4 Å². The van der Waals surface area contributed by atoms with Crippen LogP contribution in [0.2, 0.25) is 0 Å². The number of hydrogen-bond donors (Lipinski definition) is 1. The van der Waals surface area contributed by atoms with Crippen LogP contribution in [0.3, 0.4) is 0 Å². The number of piperidine rings is 1. The Kier molecular flexibility index (Phi) is 7.35. The van der Waals surface area contributed by atoms with E-state index in [1.54, 1.807) is 25.6 Å². The molecule has 1 aliphatic rings. The molecule has 0 bridgehead atoms. The predicted octanol–water partition coefficient (Wildman–Crippen LogP) is 4.00. The van der Waals surface area contributed by atoms with Crippen LogP contribution < -0.4 is 4.74 Å². The summed E-state index contributed by atoms with van der Waals surface area (Å²) in [7, 11) is 1.60. The number of likely N-dealkylation sites (tertiary alicyclic amines) is 1. The van der Waals surface area contributed by atoms with E-state index in [1.165, 1.54) is 6.26 Å². The van der Waals surface area contributed by atoms with Gasteiger partial charge in [0.05, 0.1) is 25.4 Å². The Morgan fingerprint density at radius 2 is 2.19 bits per heavy atom. The Balaban J connectivity index is 1.35. The van der Waals surface area contributed by atoms with Crippen LogP contribution in [0.15, 0.2) is 47.3 Å². The van der Waals surface area contributed by atoms with Crippen LogP contribution in [-0.4, -0.2) is 53.3 Å². The number of alkyl halides is 1. The van der Waals surface area contributed by atoms with Crippen molar-refractivity contribution in [1.29, 1.82) is 0 Å². The molecule has 0 unspecified atom stereocenters. The van der Waals surface area contributed by atoms with Crippen LogP contribution >= 0.6 is 0 Å². The number of methoxy groups -OCH3 is 1. The van der Waals surface area contributed by atoms with Gasteiger partial charge < -0.3 is 14.3 Å². The minimum absolute atomic E-state index is 0.0979. The highest BCUT2D eigenvalue weighted by atomic mass is 19.1. The highest BCUT2D eigenvalue weighted by Gasteiger charge is 2.29. The lowest BCUT2D eigenvalue weighted by Gasteiger charge is -2.37. The number of halogens is 1. The van der Waals surface area contributed by atoms with E-state index in [4.69, 9.17) is 9.15 Å². The van der Waals surface area contributed by atoms with Crippen LogP contribution in [0.5, 0.6) is 5.75 Å². The molecule has 4 rings (SSSR count). The molecule has 3 atom stereocenters. The molecule has 1 N–H and O–H groups in total. The van der Waals surface area contributed by atoms with Gasteiger partial charge in [-0.3, -0.25) is 9.88 Å². The maximum absolute atomic E-state index is 15.3. The molecule has 7 heteroatoms.